The maximum absolute atomic E-state index is 13.0. The van der Waals surface area contributed by atoms with E-state index < -0.39 is 0 Å². The Kier molecular flexibility index (Phi) is 8.53. The van der Waals surface area contributed by atoms with Gasteiger partial charge in [0.2, 0.25) is 0 Å². The fraction of sp³-hybridized carbons (Fsp3) is 0.406. The Morgan fingerprint density at radius 1 is 0.806 bits per heavy atom. The molecule has 3 nitrogen and oxygen atoms in total. The van der Waals surface area contributed by atoms with Crippen molar-refractivity contribution in [1.82, 2.24) is 9.80 Å². The molecule has 0 aromatic heterocycles. The Hall–Kier alpha value is -2.46. The Morgan fingerprint density at radius 3 is 2.28 bits per heavy atom. The van der Waals surface area contributed by atoms with E-state index in [0.717, 1.165) is 69.1 Å². The highest BCUT2D eigenvalue weighted by Gasteiger charge is 2.21. The van der Waals surface area contributed by atoms with Gasteiger partial charge in [-0.15, -0.1) is 0 Å². The van der Waals surface area contributed by atoms with Gasteiger partial charge in [-0.3, -0.25) is 9.69 Å². The molecule has 0 spiro atoms. The van der Waals surface area contributed by atoms with Crippen molar-refractivity contribution >= 4 is 17.4 Å². The lowest BCUT2D eigenvalue weighted by Crippen LogP contribution is -2.33. The summed E-state index contributed by atoms with van der Waals surface area (Å²) < 4.78 is 0. The van der Waals surface area contributed by atoms with E-state index in [1.807, 2.05) is 12.1 Å². The van der Waals surface area contributed by atoms with Crippen LogP contribution in [0.3, 0.4) is 0 Å². The van der Waals surface area contributed by atoms with Crippen molar-refractivity contribution in [3.8, 4) is 0 Å². The third kappa shape index (κ3) is 6.64. The van der Waals surface area contributed by atoms with Gasteiger partial charge < -0.3 is 4.90 Å². The second-order valence-corrected chi connectivity index (χ2v) is 10.9. The molecule has 1 fully saturated rings. The number of carbonyl (C=O) groups excluding carboxylic acids is 1. The minimum Gasteiger partial charge on any atom is -0.303 e. The smallest absolute Gasteiger partial charge is 0.162 e. The minimum atomic E-state index is 0.291. The van der Waals surface area contributed by atoms with Crippen LogP contribution >= 0.6 is 11.6 Å². The zero-order chi connectivity index (χ0) is 24.7. The first-order chi connectivity index (χ1) is 17.6. The van der Waals surface area contributed by atoms with Crippen LogP contribution in [-0.4, -0.2) is 48.3 Å². The summed E-state index contributed by atoms with van der Waals surface area (Å²) in [5.41, 5.74) is 6.44. The van der Waals surface area contributed by atoms with Gasteiger partial charge in [0, 0.05) is 36.6 Å². The number of carbonyl (C=O) groups is 1. The Labute approximate surface area is 221 Å². The normalized spacial score (nSPS) is 17.5. The SMILES string of the molecule is O=C(CCCN1CCC(c2ccc(Cl)cc2)CC1)c1ccc2c(c1)CCN(Cc1ccccc1)CC2. The fourth-order valence-electron chi connectivity index (χ4n) is 5.78. The Balaban J connectivity index is 1.07. The zero-order valence-corrected chi connectivity index (χ0v) is 21.9. The number of Topliss-reactive ketones (excluding diaryl/α,β-unsaturated/α-hetero) is 1. The van der Waals surface area contributed by atoms with E-state index in [1.165, 1.54) is 35.1 Å². The number of likely N-dealkylation sites (tertiary alicyclic amines) is 1. The second-order valence-electron chi connectivity index (χ2n) is 10.4. The topological polar surface area (TPSA) is 23.6 Å². The zero-order valence-electron chi connectivity index (χ0n) is 21.2. The van der Waals surface area contributed by atoms with Crippen molar-refractivity contribution in [3.63, 3.8) is 0 Å². The van der Waals surface area contributed by atoms with Crippen LogP contribution in [0.15, 0.2) is 72.8 Å². The summed E-state index contributed by atoms with van der Waals surface area (Å²) in [6.45, 7) is 6.35. The van der Waals surface area contributed by atoms with Gasteiger partial charge in [-0.2, -0.15) is 0 Å². The molecule has 0 N–H and O–H groups in total. The summed E-state index contributed by atoms with van der Waals surface area (Å²) in [4.78, 5) is 18.0. The third-order valence-electron chi connectivity index (χ3n) is 7.98. The van der Waals surface area contributed by atoms with Crippen LogP contribution in [-0.2, 0) is 19.4 Å². The standard InChI is InChI=1S/C32H37ClN2O/c33-31-12-10-26(11-13-31)28-14-19-34(20-15-28)18-4-7-32(36)30-9-8-27-16-21-35(22-17-29(27)23-30)24-25-5-2-1-3-6-25/h1-3,5-6,8-13,23,28H,4,7,14-22,24H2. The summed E-state index contributed by atoms with van der Waals surface area (Å²) in [6.07, 6.45) is 6.01. The number of benzene rings is 3. The number of hydrogen-bond donors (Lipinski definition) is 0. The molecule has 2 aliphatic rings. The van der Waals surface area contributed by atoms with Crippen LogP contribution in [0.2, 0.25) is 5.02 Å². The molecule has 0 radical (unpaired) electrons. The molecule has 0 aliphatic carbocycles. The molecule has 3 aromatic carbocycles. The maximum atomic E-state index is 13.0. The summed E-state index contributed by atoms with van der Waals surface area (Å²) in [7, 11) is 0. The minimum absolute atomic E-state index is 0.291. The molecule has 0 bridgehead atoms. The molecule has 0 unspecified atom stereocenters. The maximum Gasteiger partial charge on any atom is 0.162 e. The highest BCUT2D eigenvalue weighted by molar-refractivity contribution is 6.30. The predicted octanol–water partition coefficient (Wildman–Crippen LogP) is 6.78. The summed E-state index contributed by atoms with van der Waals surface area (Å²) in [6, 6.07) is 25.5. The number of nitrogens with zero attached hydrogens (tertiary/aromatic N) is 2. The summed E-state index contributed by atoms with van der Waals surface area (Å²) in [5.74, 6) is 0.919. The van der Waals surface area contributed by atoms with Crippen LogP contribution in [0.5, 0.6) is 0 Å². The number of hydrogen-bond acceptors (Lipinski definition) is 3. The molecule has 0 saturated carbocycles. The molecular formula is C32H37ClN2O. The van der Waals surface area contributed by atoms with Gasteiger partial charge in [0.15, 0.2) is 5.78 Å². The largest absolute Gasteiger partial charge is 0.303 e. The highest BCUT2D eigenvalue weighted by Crippen LogP contribution is 2.29. The molecule has 0 atom stereocenters. The first-order valence-corrected chi connectivity index (χ1v) is 13.9. The van der Waals surface area contributed by atoms with Crippen molar-refractivity contribution in [1.29, 1.82) is 0 Å². The third-order valence-corrected chi connectivity index (χ3v) is 8.23. The summed E-state index contributed by atoms with van der Waals surface area (Å²) >= 11 is 6.04. The molecule has 5 rings (SSSR count). The van der Waals surface area contributed by atoms with E-state index in [2.05, 4.69) is 70.5 Å². The first kappa shape index (κ1) is 25.2. The van der Waals surface area contributed by atoms with Gasteiger partial charge in [0.05, 0.1) is 0 Å². The monoisotopic (exact) mass is 500 g/mol. The molecule has 188 valence electrons. The molecule has 4 heteroatoms. The molecule has 2 aliphatic heterocycles. The molecule has 36 heavy (non-hydrogen) atoms. The van der Waals surface area contributed by atoms with Gasteiger partial charge in [0.1, 0.15) is 0 Å². The van der Waals surface area contributed by atoms with Crippen molar-refractivity contribution < 1.29 is 4.79 Å². The lowest BCUT2D eigenvalue weighted by molar-refractivity contribution is 0.0972. The summed E-state index contributed by atoms with van der Waals surface area (Å²) in [5, 5.41) is 0.806. The average Bonchev–Trinajstić information content (AvgIpc) is 3.12. The van der Waals surface area contributed by atoms with Gasteiger partial charge in [0.25, 0.3) is 0 Å². The van der Waals surface area contributed by atoms with Crippen LogP contribution < -0.4 is 0 Å². The number of piperidine rings is 1. The molecule has 3 aromatic rings. The Morgan fingerprint density at radius 2 is 1.53 bits per heavy atom. The Bertz CT molecular complexity index is 1140. The van der Waals surface area contributed by atoms with Gasteiger partial charge in [-0.05, 0) is 98.1 Å². The van der Waals surface area contributed by atoms with E-state index >= 15 is 0 Å². The molecule has 0 amide bonds. The van der Waals surface area contributed by atoms with E-state index in [0.29, 0.717) is 18.1 Å². The van der Waals surface area contributed by atoms with Gasteiger partial charge in [-0.25, -0.2) is 0 Å². The van der Waals surface area contributed by atoms with Crippen molar-refractivity contribution in [2.75, 3.05) is 32.7 Å². The van der Waals surface area contributed by atoms with E-state index in [1.54, 1.807) is 0 Å². The lowest BCUT2D eigenvalue weighted by atomic mass is 9.89. The molecule has 2 heterocycles. The van der Waals surface area contributed by atoms with Crippen LogP contribution in [0, 0.1) is 0 Å². The fourth-order valence-corrected chi connectivity index (χ4v) is 5.90. The molecular weight excluding hydrogens is 464 g/mol. The van der Waals surface area contributed by atoms with Crippen LogP contribution in [0.4, 0.5) is 0 Å². The number of fused-ring (bicyclic) bond motifs is 1. The van der Waals surface area contributed by atoms with E-state index in [4.69, 9.17) is 11.6 Å². The number of ketones is 1. The van der Waals surface area contributed by atoms with Crippen molar-refractivity contribution in [3.05, 3.63) is 106 Å². The van der Waals surface area contributed by atoms with E-state index in [9.17, 15) is 4.79 Å². The van der Waals surface area contributed by atoms with Gasteiger partial charge in [-0.1, -0.05) is 66.2 Å². The molecule has 1 saturated heterocycles. The van der Waals surface area contributed by atoms with Crippen LogP contribution in [0.1, 0.15) is 64.2 Å². The second kappa shape index (κ2) is 12.2. The predicted molar refractivity (Wildman–Crippen MR) is 149 cm³/mol. The first-order valence-electron chi connectivity index (χ1n) is 13.5. The van der Waals surface area contributed by atoms with Crippen molar-refractivity contribution in [2.24, 2.45) is 0 Å². The number of halogens is 1. The number of rotatable bonds is 8. The lowest BCUT2D eigenvalue weighted by Gasteiger charge is -2.32. The van der Waals surface area contributed by atoms with Gasteiger partial charge >= 0.3 is 0 Å². The average molecular weight is 501 g/mol. The van der Waals surface area contributed by atoms with E-state index in [-0.39, 0.29) is 0 Å². The van der Waals surface area contributed by atoms with Crippen molar-refractivity contribution in [2.45, 2.75) is 51.0 Å². The quantitative estimate of drug-likeness (QED) is 0.318. The van der Waals surface area contributed by atoms with Crippen LogP contribution in [0.25, 0.3) is 0 Å². The highest BCUT2D eigenvalue weighted by atomic mass is 35.5.